The highest BCUT2D eigenvalue weighted by Gasteiger charge is 2.33. The van der Waals surface area contributed by atoms with E-state index in [0.717, 1.165) is 5.56 Å². The van der Waals surface area contributed by atoms with E-state index >= 15 is 0 Å². The van der Waals surface area contributed by atoms with Crippen LogP contribution in [0.25, 0.3) is 11.1 Å². The average Bonchev–Trinajstić information content (AvgIpc) is 3.17. The molecule has 0 saturated carbocycles. The Hall–Kier alpha value is -3.88. The minimum atomic E-state index is -0.840. The van der Waals surface area contributed by atoms with E-state index in [4.69, 9.17) is 9.47 Å². The number of hydrogen-bond donors (Lipinski definition) is 2. The van der Waals surface area contributed by atoms with Gasteiger partial charge in [0.1, 0.15) is 17.7 Å². The van der Waals surface area contributed by atoms with Crippen molar-refractivity contribution in [2.75, 3.05) is 24.9 Å². The molecule has 2 N–H and O–H groups in total. The number of fused-ring (bicyclic) bond motifs is 1. The molecule has 8 nitrogen and oxygen atoms in total. The van der Waals surface area contributed by atoms with E-state index in [1.807, 2.05) is 6.07 Å². The van der Waals surface area contributed by atoms with Crippen molar-refractivity contribution in [1.82, 2.24) is 9.78 Å². The van der Waals surface area contributed by atoms with Gasteiger partial charge in [0.05, 0.1) is 26.8 Å². The Bertz CT molecular complexity index is 1110. The van der Waals surface area contributed by atoms with Gasteiger partial charge in [-0.3, -0.25) is 9.59 Å². The summed E-state index contributed by atoms with van der Waals surface area (Å²) >= 11 is 0. The zero-order valence-corrected chi connectivity index (χ0v) is 16.3. The number of ether oxygens (including phenoxy) is 2. The standard InChI is InChI=1S/C21H19FN4O4/c1-29-17-8-3-12(9-18(17)30-2)15-11-23-26-16(10-19(27)25-20(15)26)21(28)24-14-6-4-13(22)5-7-14/h3-9,11,16H,10H2,1-2H3,(H,24,28)(H,25,27)/t16-/m0/s1. The first-order valence-corrected chi connectivity index (χ1v) is 9.16. The van der Waals surface area contributed by atoms with Crippen LogP contribution in [0.2, 0.25) is 0 Å². The Labute approximate surface area is 171 Å². The van der Waals surface area contributed by atoms with Crippen LogP contribution in [0.15, 0.2) is 48.7 Å². The van der Waals surface area contributed by atoms with Gasteiger partial charge >= 0.3 is 0 Å². The number of hydrogen-bond acceptors (Lipinski definition) is 5. The second-order valence-electron chi connectivity index (χ2n) is 6.69. The number of anilines is 2. The molecule has 0 saturated heterocycles. The zero-order chi connectivity index (χ0) is 21.3. The van der Waals surface area contributed by atoms with Crippen LogP contribution in [0, 0.1) is 5.82 Å². The first-order chi connectivity index (χ1) is 14.5. The third-order valence-electron chi connectivity index (χ3n) is 4.84. The average molecular weight is 410 g/mol. The lowest BCUT2D eigenvalue weighted by molar-refractivity contribution is -0.125. The van der Waals surface area contributed by atoms with E-state index in [0.29, 0.717) is 28.6 Å². The minimum Gasteiger partial charge on any atom is -0.493 e. The number of rotatable bonds is 5. The molecule has 154 valence electrons. The third-order valence-corrected chi connectivity index (χ3v) is 4.84. The molecule has 0 unspecified atom stereocenters. The molecule has 2 heterocycles. The van der Waals surface area contributed by atoms with Crippen LogP contribution >= 0.6 is 0 Å². The van der Waals surface area contributed by atoms with Gasteiger partial charge in [0.25, 0.3) is 0 Å². The molecule has 0 bridgehead atoms. The van der Waals surface area contributed by atoms with Crippen molar-refractivity contribution in [2.24, 2.45) is 0 Å². The highest BCUT2D eigenvalue weighted by molar-refractivity contribution is 6.03. The maximum absolute atomic E-state index is 13.1. The molecule has 0 aliphatic carbocycles. The molecule has 1 atom stereocenters. The van der Waals surface area contributed by atoms with Crippen LogP contribution in [-0.4, -0.2) is 35.8 Å². The van der Waals surface area contributed by atoms with E-state index in [-0.39, 0.29) is 12.3 Å². The normalized spacial score (nSPS) is 15.2. The summed E-state index contributed by atoms with van der Waals surface area (Å²) < 4.78 is 25.2. The van der Waals surface area contributed by atoms with Gasteiger partial charge in [0.15, 0.2) is 11.5 Å². The summed E-state index contributed by atoms with van der Waals surface area (Å²) in [6.07, 6.45) is 1.52. The lowest BCUT2D eigenvalue weighted by Gasteiger charge is -2.24. The number of carbonyl (C=O) groups excluding carboxylic acids is 2. The Morgan fingerprint density at radius 1 is 1.17 bits per heavy atom. The molecule has 1 aliphatic heterocycles. The quantitative estimate of drug-likeness (QED) is 0.674. The van der Waals surface area contributed by atoms with Crippen molar-refractivity contribution in [3.8, 4) is 22.6 Å². The maximum atomic E-state index is 13.1. The molecule has 30 heavy (non-hydrogen) atoms. The number of carbonyl (C=O) groups is 2. The van der Waals surface area contributed by atoms with Gasteiger partial charge in [-0.15, -0.1) is 0 Å². The van der Waals surface area contributed by atoms with Gasteiger partial charge in [-0.1, -0.05) is 6.07 Å². The van der Waals surface area contributed by atoms with E-state index in [1.165, 1.54) is 36.1 Å². The van der Waals surface area contributed by atoms with Gasteiger partial charge in [-0.05, 0) is 42.0 Å². The second-order valence-corrected chi connectivity index (χ2v) is 6.69. The van der Waals surface area contributed by atoms with Crippen LogP contribution < -0.4 is 20.1 Å². The zero-order valence-electron chi connectivity index (χ0n) is 16.3. The summed E-state index contributed by atoms with van der Waals surface area (Å²) in [4.78, 5) is 25.1. The number of benzene rings is 2. The molecular weight excluding hydrogens is 391 g/mol. The highest BCUT2D eigenvalue weighted by Crippen LogP contribution is 2.38. The first kappa shape index (κ1) is 19.4. The number of aromatic nitrogens is 2. The fourth-order valence-corrected chi connectivity index (χ4v) is 3.35. The summed E-state index contributed by atoms with van der Waals surface area (Å²) in [5, 5.41) is 9.82. The first-order valence-electron chi connectivity index (χ1n) is 9.16. The smallest absolute Gasteiger partial charge is 0.249 e. The second kappa shape index (κ2) is 7.86. The van der Waals surface area contributed by atoms with Gasteiger partial charge in [0, 0.05) is 11.3 Å². The Kier molecular flexibility index (Phi) is 5.09. The largest absolute Gasteiger partial charge is 0.493 e. The topological polar surface area (TPSA) is 94.5 Å². The lowest BCUT2D eigenvalue weighted by atomic mass is 10.1. The molecular formula is C21H19FN4O4. The fourth-order valence-electron chi connectivity index (χ4n) is 3.35. The molecule has 2 amide bonds. The Morgan fingerprint density at radius 2 is 1.90 bits per heavy atom. The Morgan fingerprint density at radius 3 is 2.60 bits per heavy atom. The van der Waals surface area contributed by atoms with Gasteiger partial charge in [-0.25, -0.2) is 9.07 Å². The third kappa shape index (κ3) is 3.57. The molecule has 3 aromatic rings. The van der Waals surface area contributed by atoms with Gasteiger partial charge in [-0.2, -0.15) is 5.10 Å². The van der Waals surface area contributed by atoms with Crippen LogP contribution in [0.4, 0.5) is 15.9 Å². The Balaban J connectivity index is 1.66. The maximum Gasteiger partial charge on any atom is 0.249 e. The van der Waals surface area contributed by atoms with E-state index < -0.39 is 17.8 Å². The van der Waals surface area contributed by atoms with Crippen LogP contribution in [0.5, 0.6) is 11.5 Å². The molecule has 1 aromatic heterocycles. The summed E-state index contributed by atoms with van der Waals surface area (Å²) in [7, 11) is 3.08. The van der Waals surface area contributed by atoms with Crippen molar-refractivity contribution in [1.29, 1.82) is 0 Å². The summed E-state index contributed by atoms with van der Waals surface area (Å²) in [6, 6.07) is 9.90. The molecule has 9 heteroatoms. The van der Waals surface area contributed by atoms with E-state index in [9.17, 15) is 14.0 Å². The lowest BCUT2D eigenvalue weighted by Crippen LogP contribution is -2.35. The number of methoxy groups -OCH3 is 2. The molecule has 4 rings (SSSR count). The van der Waals surface area contributed by atoms with Crippen molar-refractivity contribution in [2.45, 2.75) is 12.5 Å². The van der Waals surface area contributed by atoms with Crippen molar-refractivity contribution >= 4 is 23.3 Å². The molecule has 0 spiro atoms. The summed E-state index contributed by atoms with van der Waals surface area (Å²) in [6.45, 7) is 0. The molecule has 1 aliphatic rings. The van der Waals surface area contributed by atoms with E-state index in [1.54, 1.807) is 25.4 Å². The SMILES string of the molecule is COc1ccc(-c2cnn3c2NC(=O)C[C@H]3C(=O)Nc2ccc(F)cc2)cc1OC. The predicted molar refractivity (Wildman–Crippen MR) is 108 cm³/mol. The van der Waals surface area contributed by atoms with Crippen LogP contribution in [0.1, 0.15) is 12.5 Å². The summed E-state index contributed by atoms with van der Waals surface area (Å²) in [5.74, 6) is 0.394. The van der Waals surface area contributed by atoms with Gasteiger partial charge in [0.2, 0.25) is 11.8 Å². The van der Waals surface area contributed by atoms with Crippen LogP contribution in [0.3, 0.4) is 0 Å². The molecule has 0 radical (unpaired) electrons. The molecule has 2 aromatic carbocycles. The monoisotopic (exact) mass is 410 g/mol. The number of halogens is 1. The highest BCUT2D eigenvalue weighted by atomic mass is 19.1. The van der Waals surface area contributed by atoms with Crippen molar-refractivity contribution in [3.63, 3.8) is 0 Å². The predicted octanol–water partition coefficient (Wildman–Crippen LogP) is 3.23. The van der Waals surface area contributed by atoms with Crippen molar-refractivity contribution in [3.05, 3.63) is 54.5 Å². The number of nitrogens with one attached hydrogen (secondary N) is 2. The van der Waals surface area contributed by atoms with Crippen molar-refractivity contribution < 1.29 is 23.5 Å². The number of amides is 2. The number of nitrogens with zero attached hydrogens (tertiary/aromatic N) is 2. The van der Waals surface area contributed by atoms with E-state index in [2.05, 4.69) is 15.7 Å². The summed E-state index contributed by atoms with van der Waals surface area (Å²) in [5.41, 5.74) is 1.82. The van der Waals surface area contributed by atoms with Crippen LogP contribution in [-0.2, 0) is 9.59 Å². The fraction of sp³-hybridized carbons (Fsp3) is 0.190. The minimum absolute atomic E-state index is 0.0624. The van der Waals surface area contributed by atoms with Gasteiger partial charge < -0.3 is 20.1 Å². The molecule has 0 fully saturated rings.